The third-order valence-corrected chi connectivity index (χ3v) is 11.4. The first-order chi connectivity index (χ1) is 25.7. The summed E-state index contributed by atoms with van der Waals surface area (Å²) >= 11 is 1.78. The fourth-order valence-electron chi connectivity index (χ4n) is 7.89. The first-order valence-electron chi connectivity index (χ1n) is 17.2. The number of rotatable bonds is 3. The van der Waals surface area contributed by atoms with E-state index in [2.05, 4.69) is 108 Å². The lowest BCUT2D eigenvalue weighted by molar-refractivity contribution is 0.669. The summed E-state index contributed by atoms with van der Waals surface area (Å²) in [6.45, 7) is 0. The lowest BCUT2D eigenvalue weighted by Gasteiger charge is -2.11. The van der Waals surface area contributed by atoms with E-state index in [1.165, 1.54) is 20.2 Å². The predicted molar refractivity (Wildman–Crippen MR) is 212 cm³/mol. The monoisotopic (exact) mass is 684 g/mol. The molecule has 7 heteroatoms. The topological polar surface area (TPSA) is 69.9 Å². The standard InChI is InChI=1S/C45H24N4O2S/c1-5-13-35-27(9-1)32-20-21-33-28-10-2-7-15-37(28)51-42(33)41(32)49(35)45-47-43(25-18-22-38-34(23-25)29-11-3-6-14-36(29)50-38)46-44(48-45)26-17-19-31-30-12-4-8-16-39(30)52-40(31)24-26/h1-24H. The van der Waals surface area contributed by atoms with Gasteiger partial charge in [0.2, 0.25) is 5.95 Å². The second-order valence-electron chi connectivity index (χ2n) is 13.2. The molecule has 12 rings (SSSR count). The molecule has 5 aromatic heterocycles. The summed E-state index contributed by atoms with van der Waals surface area (Å²) < 4.78 is 17.4. The number of fused-ring (bicyclic) bond motifs is 13. The van der Waals surface area contributed by atoms with Crippen molar-refractivity contribution in [2.45, 2.75) is 0 Å². The van der Waals surface area contributed by atoms with Gasteiger partial charge in [-0.25, -0.2) is 4.98 Å². The number of hydrogen-bond acceptors (Lipinski definition) is 6. The lowest BCUT2D eigenvalue weighted by Crippen LogP contribution is -2.06. The number of aromatic nitrogens is 4. The third kappa shape index (κ3) is 3.91. The SMILES string of the molecule is c1ccc2c(c1)oc1ccc(-c3nc(-c4ccc5c(c4)sc4ccccc45)nc(-n4c5ccccc5c5ccc6c7ccccc7oc6c54)n3)cc12. The second kappa shape index (κ2) is 10.4. The lowest BCUT2D eigenvalue weighted by atomic mass is 10.1. The number of benzene rings is 7. The maximum atomic E-state index is 6.64. The fourth-order valence-corrected chi connectivity index (χ4v) is 9.04. The Hall–Kier alpha value is -6.83. The Balaban J connectivity index is 1.17. The van der Waals surface area contributed by atoms with Crippen LogP contribution in [0.4, 0.5) is 0 Å². The zero-order valence-corrected chi connectivity index (χ0v) is 28.2. The first kappa shape index (κ1) is 27.9. The maximum Gasteiger partial charge on any atom is 0.238 e. The van der Waals surface area contributed by atoms with Gasteiger partial charge in [-0.3, -0.25) is 4.57 Å². The average molecular weight is 685 g/mol. The summed E-state index contributed by atoms with van der Waals surface area (Å²) in [5, 5.41) is 8.85. The molecular weight excluding hydrogens is 661 g/mol. The van der Waals surface area contributed by atoms with Gasteiger partial charge in [0.25, 0.3) is 0 Å². The van der Waals surface area contributed by atoms with Gasteiger partial charge >= 0.3 is 0 Å². The average Bonchev–Trinajstić information content (AvgIpc) is 3.96. The molecule has 7 aromatic carbocycles. The van der Waals surface area contributed by atoms with Crippen molar-refractivity contribution in [2.75, 3.05) is 0 Å². The van der Waals surface area contributed by atoms with E-state index in [1.807, 2.05) is 42.5 Å². The number of furan rings is 2. The summed E-state index contributed by atoms with van der Waals surface area (Å²) in [5.41, 5.74) is 7.04. The van der Waals surface area contributed by atoms with Crippen LogP contribution < -0.4 is 0 Å². The zero-order valence-electron chi connectivity index (χ0n) is 27.4. The smallest absolute Gasteiger partial charge is 0.238 e. The molecule has 0 unspecified atom stereocenters. The first-order valence-corrected chi connectivity index (χ1v) is 18.0. The fraction of sp³-hybridized carbons (Fsp3) is 0. The summed E-state index contributed by atoms with van der Waals surface area (Å²) in [6, 6.07) is 50.3. The van der Waals surface area contributed by atoms with Gasteiger partial charge in [0.1, 0.15) is 22.3 Å². The summed E-state index contributed by atoms with van der Waals surface area (Å²) in [4.78, 5) is 15.7. The minimum absolute atomic E-state index is 0.521. The Morgan fingerprint density at radius 1 is 0.423 bits per heavy atom. The van der Waals surface area contributed by atoms with Crippen molar-refractivity contribution in [3.8, 4) is 28.7 Å². The van der Waals surface area contributed by atoms with Crippen LogP contribution in [0.3, 0.4) is 0 Å². The Bertz CT molecular complexity index is 3440. The van der Waals surface area contributed by atoms with Crippen molar-refractivity contribution < 1.29 is 8.83 Å². The normalized spacial score (nSPS) is 12.2. The molecule has 0 radical (unpaired) electrons. The van der Waals surface area contributed by atoms with E-state index in [9.17, 15) is 0 Å². The highest BCUT2D eigenvalue weighted by Gasteiger charge is 2.22. The minimum atomic E-state index is 0.521. The highest BCUT2D eigenvalue weighted by molar-refractivity contribution is 7.25. The van der Waals surface area contributed by atoms with Gasteiger partial charge in [0, 0.05) is 63.6 Å². The zero-order chi connectivity index (χ0) is 33.9. The molecule has 0 aliphatic heterocycles. The summed E-state index contributed by atoms with van der Waals surface area (Å²) in [6.07, 6.45) is 0. The van der Waals surface area contributed by atoms with E-state index < -0.39 is 0 Å². The second-order valence-corrected chi connectivity index (χ2v) is 14.3. The van der Waals surface area contributed by atoms with Gasteiger partial charge in [-0.2, -0.15) is 9.97 Å². The Labute approximate surface area is 298 Å². The van der Waals surface area contributed by atoms with E-state index in [0.29, 0.717) is 17.6 Å². The quantitative estimate of drug-likeness (QED) is 0.185. The van der Waals surface area contributed by atoms with Crippen molar-refractivity contribution in [3.05, 3.63) is 146 Å². The van der Waals surface area contributed by atoms with Crippen molar-refractivity contribution >= 4 is 97.2 Å². The van der Waals surface area contributed by atoms with Gasteiger partial charge in [-0.15, -0.1) is 11.3 Å². The van der Waals surface area contributed by atoms with Crippen molar-refractivity contribution in [3.63, 3.8) is 0 Å². The molecule has 6 nitrogen and oxygen atoms in total. The van der Waals surface area contributed by atoms with Gasteiger partial charge < -0.3 is 8.83 Å². The number of hydrogen-bond donors (Lipinski definition) is 0. The molecule has 0 N–H and O–H groups in total. The molecule has 0 saturated heterocycles. The van der Waals surface area contributed by atoms with Gasteiger partial charge in [-0.05, 0) is 54.6 Å². The molecule has 12 aromatic rings. The Kier molecular flexibility index (Phi) is 5.56. The van der Waals surface area contributed by atoms with E-state index in [4.69, 9.17) is 23.8 Å². The molecule has 5 heterocycles. The van der Waals surface area contributed by atoms with Crippen molar-refractivity contribution in [2.24, 2.45) is 0 Å². The number of nitrogens with zero attached hydrogens (tertiary/aromatic N) is 4. The van der Waals surface area contributed by atoms with Crippen molar-refractivity contribution in [1.29, 1.82) is 0 Å². The predicted octanol–water partition coefficient (Wildman–Crippen LogP) is 12.5. The van der Waals surface area contributed by atoms with Gasteiger partial charge in [-0.1, -0.05) is 91.0 Å². The van der Waals surface area contributed by atoms with Crippen molar-refractivity contribution in [1.82, 2.24) is 19.5 Å². The highest BCUT2D eigenvalue weighted by Crippen LogP contribution is 2.41. The number of para-hydroxylation sites is 3. The third-order valence-electron chi connectivity index (χ3n) is 10.3. The van der Waals surface area contributed by atoms with E-state index >= 15 is 0 Å². The van der Waals surface area contributed by atoms with Gasteiger partial charge in [0.05, 0.1) is 5.52 Å². The summed E-state index contributed by atoms with van der Waals surface area (Å²) in [5.74, 6) is 1.69. The van der Waals surface area contributed by atoms with E-state index in [1.54, 1.807) is 11.3 Å². The maximum absolute atomic E-state index is 6.64. The van der Waals surface area contributed by atoms with Crippen LogP contribution >= 0.6 is 11.3 Å². The Morgan fingerprint density at radius 2 is 1.02 bits per heavy atom. The van der Waals surface area contributed by atoms with Crippen LogP contribution in [0.25, 0.3) is 115 Å². The van der Waals surface area contributed by atoms with Crippen LogP contribution in [0.15, 0.2) is 154 Å². The molecule has 0 saturated carbocycles. The van der Waals surface area contributed by atoms with E-state index in [0.717, 1.165) is 76.8 Å². The molecule has 0 fully saturated rings. The van der Waals surface area contributed by atoms with Crippen LogP contribution in [0.1, 0.15) is 0 Å². The molecule has 0 bridgehead atoms. The molecule has 0 aliphatic rings. The molecule has 0 atom stereocenters. The molecule has 0 spiro atoms. The molecule has 0 aliphatic carbocycles. The largest absolute Gasteiger partial charge is 0.456 e. The minimum Gasteiger partial charge on any atom is -0.456 e. The summed E-state index contributed by atoms with van der Waals surface area (Å²) in [7, 11) is 0. The number of thiophene rings is 1. The Morgan fingerprint density at radius 3 is 1.87 bits per heavy atom. The van der Waals surface area contributed by atoms with Gasteiger partial charge in [0.15, 0.2) is 17.2 Å². The molecule has 242 valence electrons. The molecular formula is C45H24N4O2S. The van der Waals surface area contributed by atoms with Crippen LogP contribution in [-0.4, -0.2) is 19.5 Å². The van der Waals surface area contributed by atoms with Crippen LogP contribution in [-0.2, 0) is 0 Å². The van der Waals surface area contributed by atoms with Crippen LogP contribution in [0, 0.1) is 0 Å². The highest BCUT2D eigenvalue weighted by atomic mass is 32.1. The molecule has 52 heavy (non-hydrogen) atoms. The molecule has 0 amide bonds. The van der Waals surface area contributed by atoms with Crippen LogP contribution in [0.2, 0.25) is 0 Å². The van der Waals surface area contributed by atoms with E-state index in [-0.39, 0.29) is 0 Å². The van der Waals surface area contributed by atoms with Crippen LogP contribution in [0.5, 0.6) is 0 Å².